The zero-order valence-electron chi connectivity index (χ0n) is 41.4. The lowest BCUT2D eigenvalue weighted by Gasteiger charge is -2.21. The molecule has 2 saturated heterocycles. The summed E-state index contributed by atoms with van der Waals surface area (Å²) in [7, 11) is -10.5. The standard InChI is InChI=1S/C13H18F2IN2O7P.C13H19F2N2O8P.C8H6F2N2O3.C5H13O4P/c1-3-23-26(21,24-4-2)7-22-10-9(16)13(14,15)11(25-10)18-6-5-8(19)17-12(18)20;1-3-23-26(21,24-4-2)7-22-10-9(19)13(14,15)11(25-10)17-6-5-8(18)16-12(17)20;9-8(10)2-4-15-6(8)12-3-1-5(13)11-7(12)14;1-3-8-10(7,5-6)9-4-2/h5-6,9-11H,3-4,7H2,1-2H3,(H,17,19,20);5-6,9-11,19H,3-4,7H2,1-2H3,(H,16,18,20);1-4,6H,(H,11,13,14);6H,3-5H2,1-2H3. The highest BCUT2D eigenvalue weighted by molar-refractivity contribution is 14.1. The lowest BCUT2D eigenvalue weighted by Crippen LogP contribution is -2.42. The van der Waals surface area contributed by atoms with Crippen LogP contribution in [0.5, 0.6) is 0 Å². The van der Waals surface area contributed by atoms with Crippen LogP contribution in [0, 0.1) is 0 Å². The second kappa shape index (κ2) is 29.5. The molecule has 0 amide bonds. The Morgan fingerprint density at radius 2 is 0.909 bits per heavy atom. The van der Waals surface area contributed by atoms with Crippen molar-refractivity contribution in [2.24, 2.45) is 0 Å². The maximum Gasteiger partial charge on any atom is 0.356 e. The smallest absolute Gasteiger partial charge is 0.356 e. The van der Waals surface area contributed by atoms with E-state index in [1.807, 2.05) is 9.97 Å². The molecule has 2 fully saturated rings. The third-order valence-electron chi connectivity index (χ3n) is 9.50. The van der Waals surface area contributed by atoms with E-state index >= 15 is 0 Å². The summed E-state index contributed by atoms with van der Waals surface area (Å²) in [5.41, 5.74) is -5.28. The van der Waals surface area contributed by atoms with E-state index in [0.717, 1.165) is 43.1 Å². The van der Waals surface area contributed by atoms with Crippen LogP contribution < -0.4 is 33.7 Å². The lowest BCUT2D eigenvalue weighted by atomic mass is 10.2. The number of hydrogen-bond acceptors (Lipinski definition) is 22. The fraction of sp³-hybridized carbons (Fsp3) is 0.641. The van der Waals surface area contributed by atoms with Crippen molar-refractivity contribution in [2.75, 3.05) is 58.7 Å². The number of aliphatic hydroxyl groups is 2. The molecule has 3 aliphatic rings. The molecular formula is C39H56F6IN6O22P3. The molecule has 438 valence electrons. The van der Waals surface area contributed by atoms with E-state index in [2.05, 4.69) is 4.74 Å². The Kier molecular flexibility index (Phi) is 25.8. The Morgan fingerprint density at radius 1 is 0.571 bits per heavy atom. The van der Waals surface area contributed by atoms with Gasteiger partial charge in [-0.3, -0.25) is 56.7 Å². The molecule has 6 heterocycles. The van der Waals surface area contributed by atoms with Crippen molar-refractivity contribution in [3.63, 3.8) is 0 Å². The van der Waals surface area contributed by atoms with Crippen LogP contribution in [0.15, 0.2) is 77.9 Å². The summed E-state index contributed by atoms with van der Waals surface area (Å²) in [5.74, 6) is -10.7. The van der Waals surface area contributed by atoms with Gasteiger partial charge in [0.25, 0.3) is 16.7 Å². The van der Waals surface area contributed by atoms with E-state index in [-0.39, 0.29) is 39.6 Å². The van der Waals surface area contributed by atoms with Crippen molar-refractivity contribution in [1.29, 1.82) is 0 Å². The van der Waals surface area contributed by atoms with Crippen LogP contribution in [0.4, 0.5) is 26.3 Å². The van der Waals surface area contributed by atoms with E-state index in [4.69, 9.17) is 51.2 Å². The topological polar surface area (TPSA) is 358 Å². The van der Waals surface area contributed by atoms with Gasteiger partial charge in [-0.2, -0.15) is 17.6 Å². The zero-order chi connectivity index (χ0) is 58.2. The number of aromatic nitrogens is 6. The van der Waals surface area contributed by atoms with Gasteiger partial charge in [-0.25, -0.2) is 23.2 Å². The highest BCUT2D eigenvalue weighted by Crippen LogP contribution is 2.52. The van der Waals surface area contributed by atoms with Gasteiger partial charge in [-0.15, -0.1) is 0 Å². The first-order chi connectivity index (χ1) is 36.0. The summed E-state index contributed by atoms with van der Waals surface area (Å²) in [4.78, 5) is 73.1. The molecular weight excluding hydrogens is 1240 g/mol. The molecule has 7 atom stereocenters. The Bertz CT molecular complexity index is 2770. The number of rotatable bonds is 22. The first kappa shape index (κ1) is 67.4. The molecule has 7 unspecified atom stereocenters. The molecule has 6 rings (SSSR count). The minimum absolute atomic E-state index is 0.0280. The number of aromatic amines is 3. The van der Waals surface area contributed by atoms with Crippen molar-refractivity contribution in [3.8, 4) is 0 Å². The molecule has 38 heteroatoms. The van der Waals surface area contributed by atoms with Gasteiger partial charge in [-0.1, -0.05) is 22.6 Å². The van der Waals surface area contributed by atoms with Crippen molar-refractivity contribution in [3.05, 3.63) is 112 Å². The second-order valence-corrected chi connectivity index (χ2v) is 22.4. The monoisotopic (exact) mass is 1290 g/mol. The van der Waals surface area contributed by atoms with Gasteiger partial charge in [0.15, 0.2) is 31.4 Å². The van der Waals surface area contributed by atoms with Gasteiger partial charge < -0.3 is 61.0 Å². The largest absolute Gasteiger partial charge is 0.471 e. The van der Waals surface area contributed by atoms with Gasteiger partial charge in [-0.05, 0) is 41.5 Å². The van der Waals surface area contributed by atoms with E-state index < -0.39 is 135 Å². The molecule has 0 saturated carbocycles. The number of ether oxygens (including phenoxy) is 5. The Balaban J connectivity index is 0.000000287. The maximum absolute atomic E-state index is 14.5. The SMILES string of the molecule is CCOP(=O)(CO)OCC.CCOP(=O)(COC1OC(n2ccc(=O)[nH]c2=O)C(F)(F)C1I)OCC.CCOP(=O)(COC1OC(n2ccc(=O)[nH]c2=O)C(F)(F)C1O)OCC.O=c1ccn(C2OC=CC2(F)F)c(=O)[nH]1. The molecule has 0 radical (unpaired) electrons. The van der Waals surface area contributed by atoms with Gasteiger partial charge in [0.2, 0.25) is 18.7 Å². The number of H-pyrrole nitrogens is 3. The molecule has 28 nitrogen and oxygen atoms in total. The van der Waals surface area contributed by atoms with E-state index in [1.165, 1.54) is 22.6 Å². The molecule has 3 aromatic rings. The predicted octanol–water partition coefficient (Wildman–Crippen LogP) is 4.12. The minimum atomic E-state index is -3.92. The molecule has 3 aromatic heterocycles. The van der Waals surface area contributed by atoms with Crippen LogP contribution in [0.1, 0.15) is 60.2 Å². The van der Waals surface area contributed by atoms with Crippen LogP contribution in [-0.2, 0) is 64.5 Å². The molecule has 0 aliphatic carbocycles. The zero-order valence-corrected chi connectivity index (χ0v) is 46.3. The van der Waals surface area contributed by atoms with Gasteiger partial charge in [0.1, 0.15) is 10.3 Å². The Labute approximate surface area is 444 Å². The van der Waals surface area contributed by atoms with Crippen molar-refractivity contribution in [1.82, 2.24) is 28.7 Å². The van der Waals surface area contributed by atoms with Crippen LogP contribution in [0.2, 0.25) is 0 Å². The molecule has 3 aliphatic heterocycles. The molecule has 77 heavy (non-hydrogen) atoms. The number of aliphatic hydroxyl groups excluding tert-OH is 2. The number of alkyl halides is 7. The van der Waals surface area contributed by atoms with Crippen molar-refractivity contribution >= 4 is 45.4 Å². The van der Waals surface area contributed by atoms with Crippen LogP contribution >= 0.6 is 45.4 Å². The highest BCUT2D eigenvalue weighted by atomic mass is 127. The predicted molar refractivity (Wildman–Crippen MR) is 261 cm³/mol. The third kappa shape index (κ3) is 18.3. The average Bonchev–Trinajstić information content (AvgIpc) is 3.90. The van der Waals surface area contributed by atoms with Gasteiger partial charge in [0.05, 0.1) is 45.9 Å². The van der Waals surface area contributed by atoms with Crippen LogP contribution in [-0.4, -0.2) is 138 Å². The van der Waals surface area contributed by atoms with Gasteiger partial charge >= 0.3 is 57.6 Å². The van der Waals surface area contributed by atoms with Crippen molar-refractivity contribution in [2.45, 2.75) is 101 Å². The fourth-order valence-electron chi connectivity index (χ4n) is 6.30. The fourth-order valence-corrected chi connectivity index (χ4v) is 10.7. The molecule has 0 bridgehead atoms. The molecule has 0 spiro atoms. The van der Waals surface area contributed by atoms with E-state index in [1.54, 1.807) is 46.5 Å². The van der Waals surface area contributed by atoms with Crippen LogP contribution in [0.25, 0.3) is 0 Å². The first-order valence-corrected chi connectivity index (χ1v) is 28.9. The summed E-state index contributed by atoms with van der Waals surface area (Å²) in [6, 6.07) is 2.74. The summed E-state index contributed by atoms with van der Waals surface area (Å²) in [6.45, 7) is 10.5. The normalized spacial score (nSPS) is 23.2. The van der Waals surface area contributed by atoms with E-state index in [0.29, 0.717) is 19.8 Å². The minimum Gasteiger partial charge on any atom is -0.471 e. The highest BCUT2D eigenvalue weighted by Gasteiger charge is 2.61. The number of halogens is 7. The lowest BCUT2D eigenvalue weighted by molar-refractivity contribution is -0.170. The summed E-state index contributed by atoms with van der Waals surface area (Å²) in [5, 5.41) is 18.3. The quantitative estimate of drug-likeness (QED) is 0.0409. The maximum atomic E-state index is 14.5. The number of nitrogens with one attached hydrogen (secondary N) is 3. The average molecular weight is 1290 g/mol. The Hall–Kier alpha value is -3.90. The second-order valence-electron chi connectivity index (χ2n) is 15.0. The summed E-state index contributed by atoms with van der Waals surface area (Å²) >= 11 is 1.43. The van der Waals surface area contributed by atoms with Crippen molar-refractivity contribution < 1.29 is 101 Å². The number of nitrogens with zero attached hydrogens (tertiary/aromatic N) is 3. The molecule has 0 aromatic carbocycles. The third-order valence-corrected chi connectivity index (χ3v) is 16.1. The van der Waals surface area contributed by atoms with Crippen LogP contribution in [0.3, 0.4) is 0 Å². The Morgan fingerprint density at radius 3 is 1.25 bits per heavy atom. The number of hydrogen-bond donors (Lipinski definition) is 5. The van der Waals surface area contributed by atoms with Gasteiger partial charge in [0, 0.05) is 42.9 Å². The van der Waals surface area contributed by atoms with E-state index in [9.17, 15) is 73.9 Å². The first-order valence-electron chi connectivity index (χ1n) is 22.5. The summed E-state index contributed by atoms with van der Waals surface area (Å²) in [6.07, 6.45) is -9.59. The summed E-state index contributed by atoms with van der Waals surface area (Å²) < 4.78 is 174. The molecule has 5 N–H and O–H groups in total.